The van der Waals surface area contributed by atoms with Gasteiger partial charge >= 0.3 is 6.18 Å². The van der Waals surface area contributed by atoms with Crippen LogP contribution in [0.2, 0.25) is 0 Å². The van der Waals surface area contributed by atoms with Gasteiger partial charge in [0.15, 0.2) is 0 Å². The third-order valence-electron chi connectivity index (χ3n) is 5.49. The number of aryl methyl sites for hydroxylation is 1. The van der Waals surface area contributed by atoms with Gasteiger partial charge < -0.3 is 9.55 Å². The molecule has 0 radical (unpaired) electrons. The number of alkyl halides is 3. The lowest BCUT2D eigenvalue weighted by atomic mass is 9.58. The summed E-state index contributed by atoms with van der Waals surface area (Å²) in [5.74, 6) is 1.32. The molecule has 3 aromatic rings. The minimum Gasteiger partial charge on any atom is -0.328 e. The van der Waals surface area contributed by atoms with E-state index in [-0.39, 0.29) is 11.0 Å². The second-order valence-corrected chi connectivity index (χ2v) is 7.57. The molecule has 1 aliphatic rings. The van der Waals surface area contributed by atoms with Crippen molar-refractivity contribution in [3.8, 4) is 11.1 Å². The van der Waals surface area contributed by atoms with Crippen molar-refractivity contribution in [2.24, 2.45) is 13.0 Å². The first-order valence-electron chi connectivity index (χ1n) is 8.96. The number of benzene rings is 1. The van der Waals surface area contributed by atoms with Crippen LogP contribution in [-0.2, 0) is 18.6 Å². The smallest absolute Gasteiger partial charge is 0.328 e. The summed E-state index contributed by atoms with van der Waals surface area (Å²) in [4.78, 5) is 14.4. The molecular weight excluding hydrogens is 369 g/mol. The molecule has 2 aromatic heterocycles. The molecule has 4 rings (SSSR count). The molecule has 1 N–H and O–H groups in total. The minimum absolute atomic E-state index is 0.00263. The van der Waals surface area contributed by atoms with Crippen molar-refractivity contribution in [2.75, 3.05) is 0 Å². The van der Waals surface area contributed by atoms with Crippen molar-refractivity contribution in [2.45, 2.75) is 31.4 Å². The fourth-order valence-corrected chi connectivity index (χ4v) is 4.24. The van der Waals surface area contributed by atoms with Gasteiger partial charge in [-0.2, -0.15) is 13.2 Å². The molecule has 0 saturated heterocycles. The number of nitrogens with one attached hydrogen (secondary N) is 1. The molecule has 28 heavy (non-hydrogen) atoms. The standard InChI is InChI=1S/C20H19F3N4O/c1-12-8-19(9-12,18-26-25-11-27(18)2)14-5-3-4-13(6-14)16-7-15(20(21,22)23)10-24-17(16)28/h3-7,10-12H,8-9H2,1-2H3,(H,24,28). The second kappa shape index (κ2) is 6.32. The predicted molar refractivity (Wildman–Crippen MR) is 97.7 cm³/mol. The van der Waals surface area contributed by atoms with Gasteiger partial charge in [-0.3, -0.25) is 4.79 Å². The van der Waals surface area contributed by atoms with Crippen LogP contribution >= 0.6 is 0 Å². The zero-order chi connectivity index (χ0) is 20.1. The van der Waals surface area contributed by atoms with Crippen molar-refractivity contribution in [1.29, 1.82) is 0 Å². The first-order valence-corrected chi connectivity index (χ1v) is 8.96. The second-order valence-electron chi connectivity index (χ2n) is 7.57. The van der Waals surface area contributed by atoms with E-state index in [1.807, 2.05) is 17.7 Å². The van der Waals surface area contributed by atoms with Gasteiger partial charge in [0.2, 0.25) is 0 Å². The SMILES string of the molecule is CC1CC(c2cccc(-c3cc(C(F)(F)F)c[nH]c3=O)c2)(c2nncn2C)C1. The Morgan fingerprint density at radius 3 is 2.61 bits per heavy atom. The zero-order valence-corrected chi connectivity index (χ0v) is 15.4. The Balaban J connectivity index is 1.83. The van der Waals surface area contributed by atoms with Gasteiger partial charge in [-0.15, -0.1) is 10.2 Å². The zero-order valence-electron chi connectivity index (χ0n) is 15.4. The van der Waals surface area contributed by atoms with Crippen molar-refractivity contribution < 1.29 is 13.2 Å². The van der Waals surface area contributed by atoms with Crippen LogP contribution in [0.1, 0.15) is 36.7 Å². The van der Waals surface area contributed by atoms with E-state index in [2.05, 4.69) is 22.1 Å². The molecular formula is C20H19F3N4O. The lowest BCUT2D eigenvalue weighted by molar-refractivity contribution is -0.137. The Bertz CT molecular complexity index is 1080. The number of hydrogen-bond donors (Lipinski definition) is 1. The van der Waals surface area contributed by atoms with E-state index in [0.29, 0.717) is 17.7 Å². The monoisotopic (exact) mass is 388 g/mol. The number of aromatic nitrogens is 4. The Morgan fingerprint density at radius 1 is 1.25 bits per heavy atom. The third kappa shape index (κ3) is 2.93. The summed E-state index contributed by atoms with van der Waals surface area (Å²) >= 11 is 0. The van der Waals surface area contributed by atoms with E-state index in [1.54, 1.807) is 24.5 Å². The van der Waals surface area contributed by atoms with Crippen molar-refractivity contribution in [3.63, 3.8) is 0 Å². The number of aromatic amines is 1. The highest BCUT2D eigenvalue weighted by Gasteiger charge is 2.48. The number of nitrogens with zero attached hydrogens (tertiary/aromatic N) is 3. The molecule has 0 amide bonds. The summed E-state index contributed by atoms with van der Waals surface area (Å²) in [5.41, 5.74) is -0.415. The van der Waals surface area contributed by atoms with Crippen molar-refractivity contribution >= 4 is 0 Å². The molecule has 0 aliphatic heterocycles. The number of hydrogen-bond acceptors (Lipinski definition) is 3. The van der Waals surface area contributed by atoms with Crippen molar-refractivity contribution in [3.05, 3.63) is 70.2 Å². The van der Waals surface area contributed by atoms with Crippen LogP contribution in [0.25, 0.3) is 11.1 Å². The molecule has 0 spiro atoms. The van der Waals surface area contributed by atoms with Crippen LogP contribution in [0.5, 0.6) is 0 Å². The first kappa shape index (κ1) is 18.5. The van der Waals surface area contributed by atoms with E-state index in [9.17, 15) is 18.0 Å². The molecule has 1 aliphatic carbocycles. The molecule has 0 atom stereocenters. The predicted octanol–water partition coefficient (Wildman–Crippen LogP) is 3.91. The van der Waals surface area contributed by atoms with Gasteiger partial charge in [-0.25, -0.2) is 0 Å². The van der Waals surface area contributed by atoms with E-state index in [0.717, 1.165) is 30.3 Å². The largest absolute Gasteiger partial charge is 0.417 e. The molecule has 2 heterocycles. The van der Waals surface area contributed by atoms with E-state index < -0.39 is 17.3 Å². The molecule has 1 fully saturated rings. The summed E-state index contributed by atoms with van der Waals surface area (Å²) in [7, 11) is 1.88. The van der Waals surface area contributed by atoms with Gasteiger partial charge in [0, 0.05) is 18.8 Å². The van der Waals surface area contributed by atoms with Crippen LogP contribution in [0, 0.1) is 5.92 Å². The number of rotatable bonds is 3. The summed E-state index contributed by atoms with van der Waals surface area (Å²) < 4.78 is 41.1. The lowest BCUT2D eigenvalue weighted by Gasteiger charge is -2.46. The average Bonchev–Trinajstić information content (AvgIpc) is 3.04. The van der Waals surface area contributed by atoms with Gasteiger partial charge in [0.25, 0.3) is 5.56 Å². The van der Waals surface area contributed by atoms with E-state index >= 15 is 0 Å². The number of H-pyrrole nitrogens is 1. The topological polar surface area (TPSA) is 63.6 Å². The Morgan fingerprint density at radius 2 is 2.00 bits per heavy atom. The highest BCUT2D eigenvalue weighted by atomic mass is 19.4. The van der Waals surface area contributed by atoms with Gasteiger partial charge in [-0.05, 0) is 42.0 Å². The highest BCUT2D eigenvalue weighted by molar-refractivity contribution is 5.65. The summed E-state index contributed by atoms with van der Waals surface area (Å²) in [6.45, 7) is 2.15. The maximum absolute atomic E-state index is 13.1. The Kier molecular flexibility index (Phi) is 4.17. The summed E-state index contributed by atoms with van der Waals surface area (Å²) in [6.07, 6.45) is -0.463. The minimum atomic E-state index is -4.53. The lowest BCUT2D eigenvalue weighted by Crippen LogP contribution is -2.43. The molecule has 0 bridgehead atoms. The van der Waals surface area contributed by atoms with Crippen molar-refractivity contribution in [1.82, 2.24) is 19.7 Å². The molecule has 1 saturated carbocycles. The highest BCUT2D eigenvalue weighted by Crippen LogP contribution is 2.51. The fourth-order valence-electron chi connectivity index (χ4n) is 4.24. The average molecular weight is 388 g/mol. The maximum Gasteiger partial charge on any atom is 0.417 e. The maximum atomic E-state index is 13.1. The van der Waals surface area contributed by atoms with E-state index in [4.69, 9.17) is 0 Å². The third-order valence-corrected chi connectivity index (χ3v) is 5.49. The number of pyridine rings is 1. The fraction of sp³-hybridized carbons (Fsp3) is 0.350. The van der Waals surface area contributed by atoms with Crippen LogP contribution in [-0.4, -0.2) is 19.7 Å². The van der Waals surface area contributed by atoms with Crippen LogP contribution < -0.4 is 5.56 Å². The van der Waals surface area contributed by atoms with E-state index in [1.165, 1.54) is 0 Å². The first-order chi connectivity index (χ1) is 13.2. The van der Waals surface area contributed by atoms with Gasteiger partial charge in [0.1, 0.15) is 12.2 Å². The summed E-state index contributed by atoms with van der Waals surface area (Å²) in [5, 5.41) is 8.27. The van der Waals surface area contributed by atoms with Gasteiger partial charge in [0.05, 0.1) is 11.0 Å². The normalized spacial score (nSPS) is 22.1. The molecule has 146 valence electrons. The quantitative estimate of drug-likeness (QED) is 0.740. The van der Waals surface area contributed by atoms with Crippen LogP contribution in [0.15, 0.2) is 47.7 Å². The number of halogens is 3. The van der Waals surface area contributed by atoms with Crippen LogP contribution in [0.3, 0.4) is 0 Å². The Labute approximate surface area is 159 Å². The Hall–Kier alpha value is -2.90. The van der Waals surface area contributed by atoms with Crippen LogP contribution in [0.4, 0.5) is 13.2 Å². The molecule has 0 unspecified atom stereocenters. The van der Waals surface area contributed by atoms with Gasteiger partial charge in [-0.1, -0.05) is 25.1 Å². The molecule has 5 nitrogen and oxygen atoms in total. The molecule has 1 aromatic carbocycles. The summed E-state index contributed by atoms with van der Waals surface area (Å²) in [6, 6.07) is 8.06. The molecule has 8 heteroatoms.